The van der Waals surface area contributed by atoms with Gasteiger partial charge in [-0.3, -0.25) is 0 Å². The van der Waals surface area contributed by atoms with Crippen LogP contribution in [-0.2, 0) is 33.0 Å². The number of alkyl halides is 2. The van der Waals surface area contributed by atoms with E-state index in [4.69, 9.17) is 42.6 Å². The Labute approximate surface area is 290 Å². The van der Waals surface area contributed by atoms with E-state index in [0.717, 1.165) is 11.1 Å². The quantitative estimate of drug-likeness (QED) is 0.123. The molecule has 0 nitrogen and oxygen atoms in total. The van der Waals surface area contributed by atoms with Gasteiger partial charge in [0.1, 0.15) is 4.84 Å². The summed E-state index contributed by atoms with van der Waals surface area (Å²) in [6, 6.07) is 19.4. The van der Waals surface area contributed by atoms with Crippen LogP contribution in [0.25, 0.3) is 0 Å². The maximum absolute atomic E-state index is 5.67. The molecular formula is C35H49Cl4Ru2-2. The molecule has 0 amide bonds. The molecule has 0 heterocycles. The molecule has 0 spiro atoms. The average molecular weight is 814 g/mol. The van der Waals surface area contributed by atoms with Crippen LogP contribution in [0.15, 0.2) is 121 Å². The minimum atomic E-state index is -1.61. The van der Waals surface area contributed by atoms with Crippen LogP contribution in [0, 0.1) is 37.1 Å². The van der Waals surface area contributed by atoms with E-state index in [9.17, 15) is 0 Å². The van der Waals surface area contributed by atoms with Crippen molar-refractivity contribution in [3.05, 3.63) is 170 Å². The molecule has 0 aromatic heterocycles. The third-order valence-electron chi connectivity index (χ3n) is 4.48. The monoisotopic (exact) mass is 813 g/mol. The first-order chi connectivity index (χ1) is 17.1. The fourth-order valence-electron chi connectivity index (χ4n) is 2.74. The van der Waals surface area contributed by atoms with E-state index < -0.39 is 18.4 Å². The van der Waals surface area contributed by atoms with E-state index in [-0.39, 0.29) is 56.6 Å². The number of hydrogen-bond donors (Lipinski definition) is 0. The molecule has 0 N–H and O–H groups in total. The summed E-state index contributed by atoms with van der Waals surface area (Å²) in [5.41, 5.74) is 2.06. The number of hydrogen-bond acceptors (Lipinski definition) is 0. The Morgan fingerprint density at radius 2 is 0.854 bits per heavy atom. The van der Waals surface area contributed by atoms with Crippen LogP contribution in [0.4, 0.5) is 0 Å². The third kappa shape index (κ3) is 35.5. The van der Waals surface area contributed by atoms with E-state index >= 15 is 0 Å². The summed E-state index contributed by atoms with van der Waals surface area (Å²) in [7, 11) is 11.3. The molecule has 0 saturated heterocycles. The molecule has 4 rings (SSSR count). The fourth-order valence-corrected chi connectivity index (χ4v) is 4.85. The second kappa shape index (κ2) is 39.4. The summed E-state index contributed by atoms with van der Waals surface area (Å²) >= 11 is 9.52. The maximum atomic E-state index is 5.67. The average Bonchev–Trinajstić information content (AvgIpc) is 2.80. The molecule has 2 aliphatic rings. The zero-order valence-corrected chi connectivity index (χ0v) is 31.7. The van der Waals surface area contributed by atoms with Crippen molar-refractivity contribution < 1.29 is 33.0 Å². The van der Waals surface area contributed by atoms with Crippen LogP contribution < -0.4 is 0 Å². The summed E-state index contributed by atoms with van der Waals surface area (Å²) in [5.74, 6) is 0. The van der Waals surface area contributed by atoms with E-state index in [2.05, 4.69) is 60.8 Å². The third-order valence-corrected chi connectivity index (χ3v) is 6.86. The number of rotatable bonds is 2. The van der Waals surface area contributed by atoms with Crippen molar-refractivity contribution in [1.29, 1.82) is 0 Å². The van der Waals surface area contributed by atoms with Gasteiger partial charge < -0.3 is 37.1 Å². The molecule has 1 radical (unpaired) electrons. The van der Waals surface area contributed by atoms with Gasteiger partial charge in [-0.25, -0.2) is 0 Å². The Morgan fingerprint density at radius 1 is 0.512 bits per heavy atom. The van der Waals surface area contributed by atoms with E-state index in [1.165, 1.54) is 38.5 Å². The van der Waals surface area contributed by atoms with Crippen LogP contribution in [0.3, 0.4) is 0 Å². The van der Waals surface area contributed by atoms with Gasteiger partial charge in [-0.2, -0.15) is 0 Å². The summed E-state index contributed by atoms with van der Waals surface area (Å²) in [5, 5.41) is 0. The summed E-state index contributed by atoms with van der Waals surface area (Å²) < 4.78 is 1.92. The van der Waals surface area contributed by atoms with Crippen molar-refractivity contribution in [1.82, 2.24) is 0 Å². The SMILES string of the molecule is C1=C/C=C\CCC=C1.C1=CCC/C=C\CC1.ClC(Cl)c1ccccc1.[CH3-].[CH3-].[CH3-].[CH3-].[CH3-].[Cl][Ru]([Cl])=[CH]c1ccccc1.[Ru+3]. The van der Waals surface area contributed by atoms with E-state index in [0.29, 0.717) is 0 Å². The molecule has 0 aliphatic heterocycles. The molecular weight excluding hydrogens is 764 g/mol. The molecule has 0 saturated carbocycles. The van der Waals surface area contributed by atoms with Crippen LogP contribution >= 0.6 is 42.6 Å². The van der Waals surface area contributed by atoms with Gasteiger partial charge >= 0.3 is 92.9 Å². The maximum Gasteiger partial charge on any atom is 3.00 e. The molecule has 0 unspecified atom stereocenters. The summed E-state index contributed by atoms with van der Waals surface area (Å²) in [6.45, 7) is 0. The molecule has 6 heteroatoms. The zero-order chi connectivity index (χ0) is 25.4. The van der Waals surface area contributed by atoms with Crippen molar-refractivity contribution in [2.45, 2.75) is 43.4 Å². The smallest absolute Gasteiger partial charge is 3.00 e. The van der Waals surface area contributed by atoms with Gasteiger partial charge in [0.15, 0.2) is 0 Å². The Bertz CT molecular complexity index is 903. The van der Waals surface area contributed by atoms with E-state index in [1.807, 2.05) is 65.3 Å². The molecule has 0 atom stereocenters. The molecule has 2 aromatic carbocycles. The number of benzene rings is 2. The fraction of sp³-hybridized carbons (Fsp3) is 0.200. The van der Waals surface area contributed by atoms with Crippen LogP contribution in [0.5, 0.6) is 0 Å². The largest absolute Gasteiger partial charge is 3.00 e. The summed E-state index contributed by atoms with van der Waals surface area (Å²) in [6.07, 6.45) is 29.0. The topological polar surface area (TPSA) is 0 Å². The Balaban J connectivity index is -0.0000000953. The zero-order valence-electron chi connectivity index (χ0n) is 25.2. The van der Waals surface area contributed by atoms with Crippen LogP contribution in [0.1, 0.15) is 54.5 Å². The second-order valence-electron chi connectivity index (χ2n) is 7.35. The normalized spacial score (nSPS) is 13.8. The molecule has 41 heavy (non-hydrogen) atoms. The van der Waals surface area contributed by atoms with Gasteiger partial charge in [0.05, 0.1) is 0 Å². The number of halogens is 4. The van der Waals surface area contributed by atoms with Gasteiger partial charge in [0, 0.05) is 0 Å². The molecule has 2 aromatic rings. The van der Waals surface area contributed by atoms with Gasteiger partial charge in [0.25, 0.3) is 0 Å². The van der Waals surface area contributed by atoms with Crippen molar-refractivity contribution in [3.63, 3.8) is 0 Å². The first-order valence-corrected chi connectivity index (χ1v) is 17.9. The minimum absolute atomic E-state index is 0. The Kier molecular flexibility index (Phi) is 51.0. The summed E-state index contributed by atoms with van der Waals surface area (Å²) in [4.78, 5) is -0.397. The molecule has 0 fully saturated rings. The van der Waals surface area contributed by atoms with Crippen molar-refractivity contribution >= 4 is 47.2 Å². The molecule has 0 bridgehead atoms. The molecule has 235 valence electrons. The second-order valence-corrected chi connectivity index (χ2v) is 14.2. The van der Waals surface area contributed by atoms with E-state index in [1.54, 1.807) is 0 Å². The number of allylic oxidation sites excluding steroid dienone is 10. The Hall–Kier alpha value is -0.583. The van der Waals surface area contributed by atoms with Gasteiger partial charge in [-0.15, -0.1) is 23.2 Å². The predicted octanol–water partition coefficient (Wildman–Crippen LogP) is 13.3. The van der Waals surface area contributed by atoms with Gasteiger partial charge in [-0.1, -0.05) is 91.1 Å². The first kappa shape index (κ1) is 53.0. The van der Waals surface area contributed by atoms with Crippen molar-refractivity contribution in [2.24, 2.45) is 0 Å². The van der Waals surface area contributed by atoms with Crippen molar-refractivity contribution in [3.8, 4) is 0 Å². The predicted molar refractivity (Wildman–Crippen MR) is 190 cm³/mol. The Morgan fingerprint density at radius 3 is 1.17 bits per heavy atom. The van der Waals surface area contributed by atoms with Crippen molar-refractivity contribution in [2.75, 3.05) is 0 Å². The van der Waals surface area contributed by atoms with Crippen LogP contribution in [0.2, 0.25) is 0 Å². The van der Waals surface area contributed by atoms with Crippen LogP contribution in [-0.4, -0.2) is 4.61 Å². The first-order valence-electron chi connectivity index (χ1n) is 11.6. The van der Waals surface area contributed by atoms with Gasteiger partial charge in [0.2, 0.25) is 0 Å². The minimum Gasteiger partial charge on any atom is 3.00 e. The molecule has 2 aliphatic carbocycles. The van der Waals surface area contributed by atoms with Gasteiger partial charge in [-0.05, 0) is 44.1 Å². The standard InChI is InChI=1S/C8H12.C8H10.C7H6Cl2.C7H6.5CH3.2ClH.2Ru/c2*1-2-4-6-8-7-5-3-1;8-7(9)6-4-2-1-3-5-6;1-7-5-3-2-4-6-7;;;;;;;;;/h1-2,7-8H,3-6H2;1-6H,7-8H2;1-5,7H;1-6H;5*1H3;2*1H;;/q;;;;5*-1;;;+2;+3/p-2/b2-1-,8-7?;2-1?,5-3-,6-4?;;;;;;;;;;;.